The Morgan fingerprint density at radius 3 is 2.20 bits per heavy atom. The minimum atomic E-state index is -1.09. The van der Waals surface area contributed by atoms with Crippen LogP contribution in [0.4, 0.5) is 0 Å². The molecule has 3 N–H and O–H groups in total. The lowest BCUT2D eigenvalue weighted by Gasteiger charge is -2.13. The van der Waals surface area contributed by atoms with Gasteiger partial charge in [0.25, 0.3) is 0 Å². The number of aromatic nitrogens is 1. The maximum atomic E-state index is 11.1. The van der Waals surface area contributed by atoms with Crippen LogP contribution in [0.25, 0.3) is 6.08 Å². The van der Waals surface area contributed by atoms with E-state index in [1.54, 1.807) is 31.4 Å². The molecule has 0 aliphatic heterocycles. The number of unbranched alkanes of at least 4 members (excludes halogenated alkanes) is 5. The molecule has 3 rings (SSSR count). The SMILES string of the molecule is COc1ccc(CCCCCCCCOc2ccc(SC(O)Cc3ccc(C(=O)O)cc3)nc2C=CC(=O)O)cc1. The summed E-state index contributed by atoms with van der Waals surface area (Å²) < 4.78 is 11.1. The number of rotatable bonds is 18. The minimum Gasteiger partial charge on any atom is -0.497 e. The van der Waals surface area contributed by atoms with Crippen molar-refractivity contribution in [3.05, 3.63) is 89.1 Å². The van der Waals surface area contributed by atoms with Crippen molar-refractivity contribution in [2.75, 3.05) is 13.7 Å². The Hall–Kier alpha value is -3.82. The summed E-state index contributed by atoms with van der Waals surface area (Å²) in [7, 11) is 1.67. The van der Waals surface area contributed by atoms with Crippen LogP contribution >= 0.6 is 11.8 Å². The number of aliphatic hydroxyl groups excluding tert-OH is 1. The van der Waals surface area contributed by atoms with Gasteiger partial charge in [0.05, 0.1) is 24.3 Å². The zero-order valence-electron chi connectivity index (χ0n) is 23.2. The standard InChI is InChI=1S/C32H37NO7S/c1-39-26-15-11-23(12-16-26)8-6-4-2-3-5-7-21-40-28-18-19-29(33-27(28)17-20-30(34)35)41-31(36)22-24-9-13-25(14-10-24)32(37)38/h9-20,31,36H,2-8,21-22H2,1H3,(H,34,35)(H,37,38). The number of carboxylic acids is 2. The van der Waals surface area contributed by atoms with Crippen molar-refractivity contribution in [3.63, 3.8) is 0 Å². The van der Waals surface area contributed by atoms with Crippen molar-refractivity contribution in [2.24, 2.45) is 0 Å². The Kier molecular flexibility index (Phi) is 13.2. The van der Waals surface area contributed by atoms with Gasteiger partial charge in [-0.05, 0) is 72.9 Å². The molecule has 1 atom stereocenters. The van der Waals surface area contributed by atoms with Gasteiger partial charge in [-0.3, -0.25) is 0 Å². The summed E-state index contributed by atoms with van der Waals surface area (Å²) in [5.74, 6) is -0.723. The fourth-order valence-corrected chi connectivity index (χ4v) is 5.03. The number of pyridine rings is 1. The van der Waals surface area contributed by atoms with E-state index >= 15 is 0 Å². The van der Waals surface area contributed by atoms with Crippen molar-refractivity contribution in [1.29, 1.82) is 0 Å². The molecule has 1 unspecified atom stereocenters. The lowest BCUT2D eigenvalue weighted by atomic mass is 10.0. The summed E-state index contributed by atoms with van der Waals surface area (Å²) in [5, 5.41) is 29.2. The lowest BCUT2D eigenvalue weighted by Crippen LogP contribution is -2.07. The number of benzene rings is 2. The topological polar surface area (TPSA) is 126 Å². The van der Waals surface area contributed by atoms with Gasteiger partial charge in [0.1, 0.15) is 22.6 Å². The van der Waals surface area contributed by atoms with Gasteiger partial charge in [0, 0.05) is 12.5 Å². The van der Waals surface area contributed by atoms with Crippen molar-refractivity contribution in [2.45, 2.75) is 61.8 Å². The van der Waals surface area contributed by atoms with Crippen molar-refractivity contribution in [1.82, 2.24) is 4.98 Å². The number of carboxylic acid groups (broad SMARTS) is 2. The zero-order chi connectivity index (χ0) is 29.5. The molecule has 0 aliphatic carbocycles. The number of hydrogen-bond acceptors (Lipinski definition) is 7. The molecule has 0 spiro atoms. The van der Waals surface area contributed by atoms with Crippen LogP contribution in [0.3, 0.4) is 0 Å². The summed E-state index contributed by atoms with van der Waals surface area (Å²) in [6.45, 7) is 0.503. The van der Waals surface area contributed by atoms with Gasteiger partial charge in [-0.2, -0.15) is 0 Å². The summed E-state index contributed by atoms with van der Waals surface area (Å²) in [6, 6.07) is 18.0. The van der Waals surface area contributed by atoms with Crippen molar-refractivity contribution in [3.8, 4) is 11.5 Å². The molecule has 0 amide bonds. The third kappa shape index (κ3) is 11.7. The van der Waals surface area contributed by atoms with Crippen LogP contribution in [0.2, 0.25) is 0 Å². The Bertz CT molecular complexity index is 1280. The maximum absolute atomic E-state index is 11.1. The van der Waals surface area contributed by atoms with E-state index in [0.717, 1.165) is 61.3 Å². The zero-order valence-corrected chi connectivity index (χ0v) is 24.0. The third-order valence-corrected chi connectivity index (χ3v) is 7.30. The van der Waals surface area contributed by atoms with Gasteiger partial charge >= 0.3 is 11.9 Å². The van der Waals surface area contributed by atoms with E-state index in [2.05, 4.69) is 17.1 Å². The minimum absolute atomic E-state index is 0.184. The van der Waals surface area contributed by atoms with Gasteiger partial charge in [-0.1, -0.05) is 61.7 Å². The second-order valence-corrected chi connectivity index (χ2v) is 10.7. The van der Waals surface area contributed by atoms with Crippen LogP contribution < -0.4 is 9.47 Å². The molecule has 1 heterocycles. The molecule has 41 heavy (non-hydrogen) atoms. The quantitative estimate of drug-likeness (QED) is 0.0670. The van der Waals surface area contributed by atoms with E-state index in [0.29, 0.717) is 29.5 Å². The highest BCUT2D eigenvalue weighted by Gasteiger charge is 2.12. The first-order chi connectivity index (χ1) is 19.8. The largest absolute Gasteiger partial charge is 0.497 e. The predicted octanol–water partition coefficient (Wildman–Crippen LogP) is 6.50. The number of hydrogen-bond donors (Lipinski definition) is 3. The van der Waals surface area contributed by atoms with Crippen LogP contribution in [-0.4, -0.2) is 51.4 Å². The molecule has 0 bridgehead atoms. The van der Waals surface area contributed by atoms with E-state index in [1.165, 1.54) is 36.6 Å². The first-order valence-electron chi connectivity index (χ1n) is 13.7. The second kappa shape index (κ2) is 17.1. The van der Waals surface area contributed by atoms with E-state index in [9.17, 15) is 14.7 Å². The Morgan fingerprint density at radius 2 is 1.54 bits per heavy atom. The second-order valence-electron chi connectivity index (χ2n) is 9.55. The molecule has 218 valence electrons. The average Bonchev–Trinajstić information content (AvgIpc) is 2.96. The van der Waals surface area contributed by atoms with Gasteiger partial charge < -0.3 is 24.8 Å². The molecular formula is C32H37NO7S. The molecule has 0 aliphatic rings. The smallest absolute Gasteiger partial charge is 0.335 e. The number of thioether (sulfide) groups is 1. The highest BCUT2D eigenvalue weighted by atomic mass is 32.2. The van der Waals surface area contributed by atoms with E-state index in [1.807, 2.05) is 12.1 Å². The van der Waals surface area contributed by atoms with Crippen molar-refractivity contribution >= 4 is 29.8 Å². The Balaban J connectivity index is 1.41. The van der Waals surface area contributed by atoms with Crippen molar-refractivity contribution < 1.29 is 34.4 Å². The van der Waals surface area contributed by atoms with E-state index < -0.39 is 17.4 Å². The molecule has 2 aromatic carbocycles. The molecular weight excluding hydrogens is 542 g/mol. The van der Waals surface area contributed by atoms with E-state index in [-0.39, 0.29) is 5.56 Å². The number of aliphatic carboxylic acids is 1. The summed E-state index contributed by atoms with van der Waals surface area (Å²) in [6.07, 6.45) is 10.3. The predicted molar refractivity (Wildman–Crippen MR) is 160 cm³/mol. The van der Waals surface area contributed by atoms with Gasteiger partial charge in [0.2, 0.25) is 0 Å². The molecule has 0 radical (unpaired) electrons. The van der Waals surface area contributed by atoms with Gasteiger partial charge in [0.15, 0.2) is 0 Å². The molecule has 8 nitrogen and oxygen atoms in total. The monoisotopic (exact) mass is 579 g/mol. The third-order valence-electron chi connectivity index (χ3n) is 6.39. The van der Waals surface area contributed by atoms with Crippen LogP contribution in [0.15, 0.2) is 71.8 Å². The first kappa shape index (κ1) is 31.7. The normalized spacial score (nSPS) is 11.9. The fourth-order valence-electron chi connectivity index (χ4n) is 4.18. The molecule has 3 aromatic rings. The summed E-state index contributed by atoms with van der Waals surface area (Å²) in [5.41, 5.74) is 1.86. The summed E-state index contributed by atoms with van der Waals surface area (Å²) in [4.78, 5) is 26.6. The molecule has 1 aromatic heterocycles. The van der Waals surface area contributed by atoms with E-state index in [4.69, 9.17) is 19.7 Å². The first-order valence-corrected chi connectivity index (χ1v) is 14.6. The van der Waals surface area contributed by atoms with Crippen LogP contribution in [-0.2, 0) is 17.6 Å². The maximum Gasteiger partial charge on any atom is 0.335 e. The van der Waals surface area contributed by atoms with Gasteiger partial charge in [-0.25, -0.2) is 14.6 Å². The molecule has 0 saturated heterocycles. The molecule has 0 saturated carbocycles. The van der Waals surface area contributed by atoms with Crippen LogP contribution in [0.1, 0.15) is 65.7 Å². The summed E-state index contributed by atoms with van der Waals surface area (Å²) >= 11 is 1.13. The number of aliphatic hydroxyl groups is 1. The average molecular weight is 580 g/mol. The number of ether oxygens (including phenoxy) is 2. The van der Waals surface area contributed by atoms with Crippen LogP contribution in [0, 0.1) is 0 Å². The lowest BCUT2D eigenvalue weighted by molar-refractivity contribution is -0.131. The number of aryl methyl sites for hydroxylation is 1. The molecule has 0 fully saturated rings. The number of methoxy groups -OCH3 is 1. The Labute approximate surface area is 245 Å². The highest BCUT2D eigenvalue weighted by Crippen LogP contribution is 2.28. The van der Waals surface area contributed by atoms with Crippen LogP contribution in [0.5, 0.6) is 11.5 Å². The van der Waals surface area contributed by atoms with Gasteiger partial charge in [-0.15, -0.1) is 0 Å². The fraction of sp³-hybridized carbons (Fsp3) is 0.344. The highest BCUT2D eigenvalue weighted by molar-refractivity contribution is 7.99. The Morgan fingerprint density at radius 1 is 0.878 bits per heavy atom. The number of nitrogens with zero attached hydrogens (tertiary/aromatic N) is 1. The number of aromatic carboxylic acids is 1. The number of carbonyl (C=O) groups is 2. The molecule has 9 heteroatoms.